The molecule has 2 fully saturated rings. The standard InChI is InChI=1S/C27H34Cl2N2O2/c28-21-8-13-24(25(29)20-21)27(14-3-1-4-15-27)26(32)30-22-9-11-23(12-10-22)33-19-7-18-31-16-5-2-6-17-31/h8-13,20H,1-7,14-19H2,(H,30,32). The van der Waals surface area contributed by atoms with Crippen molar-refractivity contribution in [2.75, 3.05) is 31.6 Å². The number of benzene rings is 2. The smallest absolute Gasteiger partial charge is 0.235 e. The van der Waals surface area contributed by atoms with Gasteiger partial charge in [-0.15, -0.1) is 0 Å². The average Bonchev–Trinajstić information content (AvgIpc) is 2.84. The normalized spacial score (nSPS) is 18.6. The zero-order chi connectivity index (χ0) is 23.1. The van der Waals surface area contributed by atoms with Crippen LogP contribution in [0, 0.1) is 0 Å². The van der Waals surface area contributed by atoms with Crippen LogP contribution in [-0.2, 0) is 10.2 Å². The monoisotopic (exact) mass is 488 g/mol. The highest BCUT2D eigenvalue weighted by Crippen LogP contribution is 2.44. The summed E-state index contributed by atoms with van der Waals surface area (Å²) < 4.78 is 5.92. The molecule has 6 heteroatoms. The lowest BCUT2D eigenvalue weighted by Gasteiger charge is -2.37. The van der Waals surface area contributed by atoms with E-state index in [2.05, 4.69) is 10.2 Å². The minimum Gasteiger partial charge on any atom is -0.494 e. The summed E-state index contributed by atoms with van der Waals surface area (Å²) in [6, 6.07) is 13.2. The molecule has 0 radical (unpaired) electrons. The second kappa shape index (κ2) is 11.6. The van der Waals surface area contributed by atoms with Gasteiger partial charge in [-0.2, -0.15) is 0 Å². The minimum absolute atomic E-state index is 0.00150. The van der Waals surface area contributed by atoms with Gasteiger partial charge in [-0.25, -0.2) is 0 Å². The molecular weight excluding hydrogens is 455 g/mol. The van der Waals surface area contributed by atoms with Gasteiger partial charge in [0, 0.05) is 22.3 Å². The number of hydrogen-bond acceptors (Lipinski definition) is 3. The zero-order valence-electron chi connectivity index (χ0n) is 19.3. The summed E-state index contributed by atoms with van der Waals surface area (Å²) in [6.07, 6.45) is 9.78. The van der Waals surface area contributed by atoms with Crippen molar-refractivity contribution in [1.82, 2.24) is 4.90 Å². The molecule has 2 aromatic rings. The van der Waals surface area contributed by atoms with Gasteiger partial charge >= 0.3 is 0 Å². The van der Waals surface area contributed by atoms with Gasteiger partial charge < -0.3 is 15.0 Å². The molecule has 0 spiro atoms. The van der Waals surface area contributed by atoms with E-state index in [0.29, 0.717) is 16.7 Å². The molecule has 4 rings (SSSR count). The molecule has 0 atom stereocenters. The van der Waals surface area contributed by atoms with Crippen molar-refractivity contribution in [2.24, 2.45) is 0 Å². The fraction of sp³-hybridized carbons (Fsp3) is 0.519. The van der Waals surface area contributed by atoms with Gasteiger partial charge in [-0.3, -0.25) is 4.79 Å². The van der Waals surface area contributed by atoms with Crippen LogP contribution >= 0.6 is 23.2 Å². The number of amides is 1. The SMILES string of the molecule is O=C(Nc1ccc(OCCCN2CCCCC2)cc1)C1(c2ccc(Cl)cc2Cl)CCCCC1. The molecule has 178 valence electrons. The second-order valence-corrected chi connectivity index (χ2v) is 10.2. The van der Waals surface area contributed by atoms with Crippen LogP contribution in [0.4, 0.5) is 5.69 Å². The first-order chi connectivity index (χ1) is 16.1. The van der Waals surface area contributed by atoms with Gasteiger partial charge in [0.25, 0.3) is 0 Å². The highest BCUT2D eigenvalue weighted by Gasteiger charge is 2.42. The number of halogens is 2. The quantitative estimate of drug-likeness (QED) is 0.403. The number of piperidine rings is 1. The Kier molecular flexibility index (Phi) is 8.56. The molecule has 2 aliphatic rings. The topological polar surface area (TPSA) is 41.6 Å². The third-order valence-electron chi connectivity index (χ3n) is 7.04. The van der Waals surface area contributed by atoms with Gasteiger partial charge in [0.2, 0.25) is 5.91 Å². The largest absolute Gasteiger partial charge is 0.494 e. The van der Waals surface area contributed by atoms with Crippen molar-refractivity contribution < 1.29 is 9.53 Å². The third kappa shape index (κ3) is 6.23. The van der Waals surface area contributed by atoms with Gasteiger partial charge in [0.1, 0.15) is 5.75 Å². The molecule has 1 N–H and O–H groups in total. The Bertz CT molecular complexity index is 920. The van der Waals surface area contributed by atoms with Crippen LogP contribution in [0.25, 0.3) is 0 Å². The van der Waals surface area contributed by atoms with Crippen molar-refractivity contribution >= 4 is 34.8 Å². The number of carbonyl (C=O) groups is 1. The molecule has 1 aliphatic carbocycles. The van der Waals surface area contributed by atoms with E-state index in [9.17, 15) is 4.79 Å². The van der Waals surface area contributed by atoms with E-state index in [1.807, 2.05) is 36.4 Å². The molecule has 0 aromatic heterocycles. The van der Waals surface area contributed by atoms with Crippen molar-refractivity contribution in [3.8, 4) is 5.75 Å². The predicted molar refractivity (Wildman–Crippen MR) is 137 cm³/mol. The summed E-state index contributed by atoms with van der Waals surface area (Å²) in [5.74, 6) is 0.835. The summed E-state index contributed by atoms with van der Waals surface area (Å²) in [4.78, 5) is 16.1. The van der Waals surface area contributed by atoms with Crippen molar-refractivity contribution in [3.05, 3.63) is 58.1 Å². The number of nitrogens with zero attached hydrogens (tertiary/aromatic N) is 1. The fourth-order valence-electron chi connectivity index (χ4n) is 5.20. The first-order valence-corrected chi connectivity index (χ1v) is 13.0. The van der Waals surface area contributed by atoms with Gasteiger partial charge in [0.15, 0.2) is 0 Å². The van der Waals surface area contributed by atoms with Gasteiger partial charge in [0.05, 0.1) is 12.0 Å². The number of anilines is 1. The number of carbonyl (C=O) groups excluding carboxylic acids is 1. The van der Waals surface area contributed by atoms with E-state index in [-0.39, 0.29) is 5.91 Å². The molecule has 2 aromatic carbocycles. The Morgan fingerprint density at radius 1 is 0.939 bits per heavy atom. The molecule has 0 unspecified atom stereocenters. The average molecular weight is 489 g/mol. The first kappa shape index (κ1) is 24.4. The maximum Gasteiger partial charge on any atom is 0.235 e. The summed E-state index contributed by atoms with van der Waals surface area (Å²) in [5.41, 5.74) is 1.03. The third-order valence-corrected chi connectivity index (χ3v) is 7.58. The molecule has 1 saturated carbocycles. The van der Waals surface area contributed by atoms with Crippen LogP contribution in [0.5, 0.6) is 5.75 Å². The lowest BCUT2D eigenvalue weighted by molar-refractivity contribution is -0.122. The maximum atomic E-state index is 13.5. The predicted octanol–water partition coefficient (Wildman–Crippen LogP) is 7.09. The van der Waals surface area contributed by atoms with Crippen molar-refractivity contribution in [2.45, 2.75) is 63.2 Å². The summed E-state index contributed by atoms with van der Waals surface area (Å²) in [6.45, 7) is 4.25. The Balaban J connectivity index is 1.35. The Hall–Kier alpha value is -1.75. The van der Waals surface area contributed by atoms with E-state index in [0.717, 1.165) is 62.1 Å². The van der Waals surface area contributed by atoms with Crippen LogP contribution in [0.15, 0.2) is 42.5 Å². The molecule has 1 aliphatic heterocycles. The Morgan fingerprint density at radius 2 is 1.64 bits per heavy atom. The van der Waals surface area contributed by atoms with Crippen LogP contribution in [0.3, 0.4) is 0 Å². The number of ether oxygens (including phenoxy) is 1. The lowest BCUT2D eigenvalue weighted by Crippen LogP contribution is -2.42. The van der Waals surface area contributed by atoms with E-state index in [1.54, 1.807) is 6.07 Å². The molecular formula is C27H34Cl2N2O2. The van der Waals surface area contributed by atoms with E-state index < -0.39 is 5.41 Å². The summed E-state index contributed by atoms with van der Waals surface area (Å²) in [5, 5.41) is 4.29. The number of likely N-dealkylation sites (tertiary alicyclic amines) is 1. The fourth-order valence-corrected chi connectivity index (χ4v) is 5.79. The number of hydrogen-bond donors (Lipinski definition) is 1. The zero-order valence-corrected chi connectivity index (χ0v) is 20.8. The highest BCUT2D eigenvalue weighted by molar-refractivity contribution is 6.35. The van der Waals surface area contributed by atoms with Gasteiger partial charge in [-0.1, -0.05) is 55.0 Å². The number of nitrogens with one attached hydrogen (secondary N) is 1. The highest BCUT2D eigenvalue weighted by atomic mass is 35.5. The summed E-state index contributed by atoms with van der Waals surface area (Å²) >= 11 is 12.7. The number of rotatable bonds is 8. The molecule has 4 nitrogen and oxygen atoms in total. The van der Waals surface area contributed by atoms with E-state index >= 15 is 0 Å². The van der Waals surface area contributed by atoms with Crippen LogP contribution < -0.4 is 10.1 Å². The Morgan fingerprint density at radius 3 is 2.33 bits per heavy atom. The first-order valence-electron chi connectivity index (χ1n) is 12.3. The molecule has 1 heterocycles. The molecule has 33 heavy (non-hydrogen) atoms. The van der Waals surface area contributed by atoms with E-state index in [1.165, 1.54) is 32.4 Å². The lowest BCUT2D eigenvalue weighted by atomic mass is 9.68. The summed E-state index contributed by atoms with van der Waals surface area (Å²) in [7, 11) is 0. The maximum absolute atomic E-state index is 13.5. The van der Waals surface area contributed by atoms with Crippen LogP contribution in [0.2, 0.25) is 10.0 Å². The molecule has 1 saturated heterocycles. The minimum atomic E-state index is -0.621. The molecule has 1 amide bonds. The second-order valence-electron chi connectivity index (χ2n) is 9.35. The van der Waals surface area contributed by atoms with E-state index in [4.69, 9.17) is 27.9 Å². The van der Waals surface area contributed by atoms with Crippen LogP contribution in [0.1, 0.15) is 63.4 Å². The van der Waals surface area contributed by atoms with Crippen LogP contribution in [-0.4, -0.2) is 37.0 Å². The Labute approximate surface area is 207 Å². The molecule has 0 bridgehead atoms. The van der Waals surface area contributed by atoms with Crippen molar-refractivity contribution in [3.63, 3.8) is 0 Å². The van der Waals surface area contributed by atoms with Gasteiger partial charge in [-0.05, 0) is 87.2 Å². The van der Waals surface area contributed by atoms with Crippen molar-refractivity contribution in [1.29, 1.82) is 0 Å².